The minimum absolute atomic E-state index is 0.0438. The highest BCUT2D eigenvalue weighted by atomic mass is 19.4. The van der Waals surface area contributed by atoms with Gasteiger partial charge < -0.3 is 10.8 Å². The Morgan fingerprint density at radius 3 is 2.42 bits per heavy atom. The number of carbonyl (C=O) groups excluding carboxylic acids is 1. The van der Waals surface area contributed by atoms with E-state index in [0.29, 0.717) is 5.01 Å². The van der Waals surface area contributed by atoms with Gasteiger partial charge in [0.25, 0.3) is 5.91 Å². The molecule has 1 heterocycles. The van der Waals surface area contributed by atoms with E-state index in [2.05, 4.69) is 5.10 Å². The molecule has 9 heteroatoms. The van der Waals surface area contributed by atoms with Crippen LogP contribution in [-0.2, 0) is 5.72 Å². The van der Waals surface area contributed by atoms with E-state index >= 15 is 0 Å². The van der Waals surface area contributed by atoms with Gasteiger partial charge in [-0.15, -0.1) is 0 Å². The van der Waals surface area contributed by atoms with Gasteiger partial charge in [0.1, 0.15) is 11.5 Å². The summed E-state index contributed by atoms with van der Waals surface area (Å²) in [5.74, 6) is -1.61. The number of benzene rings is 2. The Bertz CT molecular complexity index is 880. The quantitative estimate of drug-likeness (QED) is 0.633. The second kappa shape index (κ2) is 6.10. The molecule has 0 radical (unpaired) electrons. The van der Waals surface area contributed by atoms with Crippen molar-refractivity contribution in [2.24, 2.45) is 5.10 Å². The molecule has 0 spiro atoms. The first-order valence-corrected chi connectivity index (χ1v) is 7.44. The van der Waals surface area contributed by atoms with Gasteiger partial charge >= 0.3 is 6.18 Å². The van der Waals surface area contributed by atoms with Crippen molar-refractivity contribution in [2.75, 3.05) is 5.73 Å². The Hall–Kier alpha value is -2.94. The molecule has 1 aliphatic heterocycles. The van der Waals surface area contributed by atoms with Crippen LogP contribution in [0.4, 0.5) is 23.2 Å². The molecule has 1 amide bonds. The van der Waals surface area contributed by atoms with Crippen LogP contribution < -0.4 is 5.73 Å². The van der Waals surface area contributed by atoms with Crippen molar-refractivity contribution in [3.63, 3.8) is 0 Å². The van der Waals surface area contributed by atoms with Gasteiger partial charge in [-0.05, 0) is 30.3 Å². The summed E-state index contributed by atoms with van der Waals surface area (Å²) in [7, 11) is 0. The van der Waals surface area contributed by atoms with Crippen molar-refractivity contribution < 1.29 is 27.5 Å². The number of anilines is 1. The van der Waals surface area contributed by atoms with Crippen LogP contribution in [0.25, 0.3) is 0 Å². The standard InChI is InChI=1S/C17H13F4N3O2/c18-12-6-4-11(5-7-12)16(26)9-14(17(19,20)21)23-24(16)15(25)10-2-1-3-13(22)8-10/h1-8,26H,9,22H2. The van der Waals surface area contributed by atoms with Gasteiger partial charge in [-0.1, -0.05) is 18.2 Å². The first kappa shape index (κ1) is 17.9. The lowest BCUT2D eigenvalue weighted by molar-refractivity contribution is -0.0816. The fourth-order valence-electron chi connectivity index (χ4n) is 2.65. The van der Waals surface area contributed by atoms with E-state index in [1.54, 1.807) is 0 Å². The number of nitrogen functional groups attached to an aromatic ring is 1. The first-order chi connectivity index (χ1) is 12.1. The average Bonchev–Trinajstić information content (AvgIpc) is 2.94. The molecule has 2 aromatic carbocycles. The maximum atomic E-state index is 13.1. The van der Waals surface area contributed by atoms with Crippen molar-refractivity contribution in [3.8, 4) is 0 Å². The molecular weight excluding hydrogens is 354 g/mol. The highest BCUT2D eigenvalue weighted by Crippen LogP contribution is 2.40. The molecule has 0 fully saturated rings. The van der Waals surface area contributed by atoms with Crippen LogP contribution in [0.15, 0.2) is 53.6 Å². The Labute approximate surface area is 145 Å². The molecule has 0 aliphatic carbocycles. The number of alkyl halides is 3. The Balaban J connectivity index is 2.08. The maximum Gasteiger partial charge on any atom is 0.431 e. The SMILES string of the molecule is Nc1cccc(C(=O)N2N=C(C(F)(F)F)CC2(O)c2ccc(F)cc2)c1. The van der Waals surface area contributed by atoms with Crippen molar-refractivity contribution in [3.05, 3.63) is 65.5 Å². The summed E-state index contributed by atoms with van der Waals surface area (Å²) in [6.45, 7) is 0. The molecule has 1 unspecified atom stereocenters. The summed E-state index contributed by atoms with van der Waals surface area (Å²) in [6.07, 6.45) is -5.81. The highest BCUT2D eigenvalue weighted by molar-refractivity contribution is 6.00. The molecule has 0 saturated heterocycles. The molecule has 0 saturated carbocycles. The minimum atomic E-state index is -4.83. The molecule has 3 N–H and O–H groups in total. The summed E-state index contributed by atoms with van der Waals surface area (Å²) in [5.41, 5.74) is 1.96. The number of carbonyl (C=O) groups is 1. The highest BCUT2D eigenvalue weighted by Gasteiger charge is 2.53. The third kappa shape index (κ3) is 3.13. The molecule has 26 heavy (non-hydrogen) atoms. The molecule has 1 atom stereocenters. The zero-order valence-corrected chi connectivity index (χ0v) is 13.2. The van der Waals surface area contributed by atoms with Crippen molar-refractivity contribution in [2.45, 2.75) is 18.3 Å². The maximum absolute atomic E-state index is 13.1. The van der Waals surface area contributed by atoms with E-state index in [9.17, 15) is 27.5 Å². The summed E-state index contributed by atoms with van der Waals surface area (Å²) < 4.78 is 52.5. The lowest BCUT2D eigenvalue weighted by Gasteiger charge is -2.31. The predicted octanol–water partition coefficient (Wildman–Crippen LogP) is 3.02. The van der Waals surface area contributed by atoms with Gasteiger partial charge in [0, 0.05) is 16.8 Å². The van der Waals surface area contributed by atoms with Crippen LogP contribution in [0.1, 0.15) is 22.3 Å². The minimum Gasteiger partial charge on any atom is -0.399 e. The zero-order chi connectivity index (χ0) is 19.1. The number of nitrogens with two attached hydrogens (primary N) is 1. The molecule has 0 bridgehead atoms. The topological polar surface area (TPSA) is 78.9 Å². The van der Waals surface area contributed by atoms with Crippen molar-refractivity contribution >= 4 is 17.3 Å². The molecule has 3 rings (SSSR count). The van der Waals surface area contributed by atoms with Gasteiger partial charge in [0.05, 0.1) is 6.42 Å². The third-order valence-electron chi connectivity index (χ3n) is 3.94. The number of hydrazone groups is 1. The fourth-order valence-corrected chi connectivity index (χ4v) is 2.65. The van der Waals surface area contributed by atoms with Gasteiger partial charge in [-0.3, -0.25) is 4.79 Å². The predicted molar refractivity (Wildman–Crippen MR) is 85.4 cm³/mol. The van der Waals surface area contributed by atoms with Crippen LogP contribution in [-0.4, -0.2) is 27.9 Å². The zero-order valence-electron chi connectivity index (χ0n) is 13.2. The second-order valence-corrected chi connectivity index (χ2v) is 5.79. The van der Waals surface area contributed by atoms with Gasteiger partial charge in [0.15, 0.2) is 5.72 Å². The number of amides is 1. The summed E-state index contributed by atoms with van der Waals surface area (Å²) in [5, 5.41) is 14.6. The number of nitrogens with zero attached hydrogens (tertiary/aromatic N) is 2. The lowest BCUT2D eigenvalue weighted by atomic mass is 9.96. The van der Waals surface area contributed by atoms with Gasteiger partial charge in [-0.2, -0.15) is 23.3 Å². The van der Waals surface area contributed by atoms with Crippen LogP contribution in [0.5, 0.6) is 0 Å². The molecule has 1 aliphatic rings. The van der Waals surface area contributed by atoms with Gasteiger partial charge in [-0.25, -0.2) is 4.39 Å². The largest absolute Gasteiger partial charge is 0.431 e. The first-order valence-electron chi connectivity index (χ1n) is 7.44. The molecule has 136 valence electrons. The Morgan fingerprint density at radius 1 is 1.19 bits per heavy atom. The van der Waals surface area contributed by atoms with E-state index in [0.717, 1.165) is 24.3 Å². The van der Waals surface area contributed by atoms with Crippen molar-refractivity contribution in [1.29, 1.82) is 0 Å². The van der Waals surface area contributed by atoms with Crippen LogP contribution in [0.3, 0.4) is 0 Å². The van der Waals surface area contributed by atoms with E-state index in [4.69, 9.17) is 5.73 Å². The number of aliphatic hydroxyl groups is 1. The average molecular weight is 367 g/mol. The van der Waals surface area contributed by atoms with E-state index in [1.807, 2.05) is 0 Å². The normalized spacial score (nSPS) is 20.2. The van der Waals surface area contributed by atoms with E-state index < -0.39 is 35.8 Å². The smallest absolute Gasteiger partial charge is 0.399 e. The molecule has 0 aromatic heterocycles. The summed E-state index contributed by atoms with van der Waals surface area (Å²) in [4.78, 5) is 12.7. The monoisotopic (exact) mass is 367 g/mol. The van der Waals surface area contributed by atoms with Crippen molar-refractivity contribution in [1.82, 2.24) is 5.01 Å². The second-order valence-electron chi connectivity index (χ2n) is 5.79. The van der Waals surface area contributed by atoms with E-state index in [-0.39, 0.29) is 16.8 Å². The number of hydrogen-bond donors (Lipinski definition) is 2. The lowest BCUT2D eigenvalue weighted by Crippen LogP contribution is -2.43. The molecule has 5 nitrogen and oxygen atoms in total. The van der Waals surface area contributed by atoms with Crippen LogP contribution in [0, 0.1) is 5.82 Å². The third-order valence-corrected chi connectivity index (χ3v) is 3.94. The number of rotatable bonds is 2. The van der Waals surface area contributed by atoms with Gasteiger partial charge in [0.2, 0.25) is 0 Å². The van der Waals surface area contributed by atoms with Crippen LogP contribution >= 0.6 is 0 Å². The Kier molecular flexibility index (Phi) is 4.19. The summed E-state index contributed by atoms with van der Waals surface area (Å²) >= 11 is 0. The number of hydrogen-bond acceptors (Lipinski definition) is 4. The van der Waals surface area contributed by atoms with E-state index in [1.165, 1.54) is 24.3 Å². The summed E-state index contributed by atoms with van der Waals surface area (Å²) in [6, 6.07) is 9.69. The van der Waals surface area contributed by atoms with Crippen LogP contribution in [0.2, 0.25) is 0 Å². The molecule has 2 aromatic rings. The fraction of sp³-hybridized carbons (Fsp3) is 0.176. The Morgan fingerprint density at radius 2 is 1.85 bits per heavy atom. The molecular formula is C17H13F4N3O2. The number of halogens is 4.